The average Bonchev–Trinajstić information content (AvgIpc) is 2.67. The van der Waals surface area contributed by atoms with Crippen LogP contribution in [0.2, 0.25) is 0 Å². The van der Waals surface area contributed by atoms with Crippen molar-refractivity contribution in [2.45, 2.75) is 51.7 Å². The van der Waals surface area contributed by atoms with Gasteiger partial charge in [0.2, 0.25) is 0 Å². The van der Waals surface area contributed by atoms with Gasteiger partial charge in [0, 0.05) is 20.5 Å². The van der Waals surface area contributed by atoms with Crippen LogP contribution in [0.3, 0.4) is 0 Å². The molecule has 0 aromatic carbocycles. The number of carbonyl (C=O) groups excluding carboxylic acids is 1. The van der Waals surface area contributed by atoms with E-state index < -0.39 is 0 Å². The zero-order valence-electron chi connectivity index (χ0n) is 12.0. The summed E-state index contributed by atoms with van der Waals surface area (Å²) in [7, 11) is 1.97. The summed E-state index contributed by atoms with van der Waals surface area (Å²) in [6.07, 6.45) is 8.25. The number of hydrogen-bond acceptors (Lipinski definition) is 3. The first-order valence-electron chi connectivity index (χ1n) is 6.90. The standard InChI is InChI=1S/C14H24N2O2S/c1-4-5-6-7-13(18-11(2)17)9-8-12-10-15-14(19)16(12)3/h8-9,12-13H,4-7,10H2,1-3H3,(H,15,19). The molecule has 19 heavy (non-hydrogen) atoms. The highest BCUT2D eigenvalue weighted by atomic mass is 32.1. The number of rotatable bonds is 7. The second kappa shape index (κ2) is 8.15. The van der Waals surface area contributed by atoms with Gasteiger partial charge >= 0.3 is 5.97 Å². The molecule has 2 unspecified atom stereocenters. The van der Waals surface area contributed by atoms with Crippen LogP contribution in [0.25, 0.3) is 0 Å². The normalized spacial score (nSPS) is 20.7. The second-order valence-corrected chi connectivity index (χ2v) is 5.28. The van der Waals surface area contributed by atoms with Crippen molar-refractivity contribution in [3.05, 3.63) is 12.2 Å². The van der Waals surface area contributed by atoms with Crippen molar-refractivity contribution in [1.29, 1.82) is 0 Å². The molecule has 1 aliphatic heterocycles. The number of ether oxygens (including phenoxy) is 1. The maximum atomic E-state index is 11.1. The number of unbranched alkanes of at least 4 members (excludes halogenated alkanes) is 2. The van der Waals surface area contributed by atoms with E-state index in [1.54, 1.807) is 0 Å². The van der Waals surface area contributed by atoms with Crippen molar-refractivity contribution in [2.75, 3.05) is 13.6 Å². The van der Waals surface area contributed by atoms with Gasteiger partial charge in [-0.25, -0.2) is 0 Å². The Morgan fingerprint density at radius 3 is 2.89 bits per heavy atom. The Kier molecular flexibility index (Phi) is 6.84. The lowest BCUT2D eigenvalue weighted by molar-refractivity contribution is -0.144. The predicted octanol–water partition coefficient (Wildman–Crippen LogP) is 2.24. The van der Waals surface area contributed by atoms with Crippen LogP contribution in [-0.4, -0.2) is 41.7 Å². The number of nitrogens with zero attached hydrogens (tertiary/aromatic N) is 1. The van der Waals surface area contributed by atoms with Crippen LogP contribution in [0, 0.1) is 0 Å². The molecule has 1 saturated heterocycles. The van der Waals surface area contributed by atoms with Gasteiger partial charge in [0.1, 0.15) is 6.10 Å². The zero-order valence-corrected chi connectivity index (χ0v) is 12.8. The zero-order chi connectivity index (χ0) is 14.3. The Hall–Kier alpha value is -1.10. The minimum Gasteiger partial charge on any atom is -0.458 e. The summed E-state index contributed by atoms with van der Waals surface area (Å²) >= 11 is 5.15. The Balaban J connectivity index is 2.50. The van der Waals surface area contributed by atoms with Crippen LogP contribution < -0.4 is 5.32 Å². The van der Waals surface area contributed by atoms with Crippen molar-refractivity contribution in [3.63, 3.8) is 0 Å². The van der Waals surface area contributed by atoms with Crippen LogP contribution in [0.5, 0.6) is 0 Å². The molecule has 5 heteroatoms. The second-order valence-electron chi connectivity index (χ2n) is 4.89. The van der Waals surface area contributed by atoms with Gasteiger partial charge in [0.15, 0.2) is 5.11 Å². The first kappa shape index (κ1) is 16.0. The summed E-state index contributed by atoms with van der Waals surface area (Å²) in [6.45, 7) is 4.43. The van der Waals surface area contributed by atoms with Gasteiger partial charge < -0.3 is 15.0 Å². The van der Waals surface area contributed by atoms with Gasteiger partial charge in [0.25, 0.3) is 0 Å². The fourth-order valence-electron chi connectivity index (χ4n) is 2.06. The molecule has 0 spiro atoms. The van der Waals surface area contributed by atoms with Gasteiger partial charge in [-0.2, -0.15) is 0 Å². The van der Waals surface area contributed by atoms with Crippen molar-refractivity contribution in [2.24, 2.45) is 0 Å². The van der Waals surface area contributed by atoms with Crippen LogP contribution in [0.4, 0.5) is 0 Å². The lowest BCUT2D eigenvalue weighted by Crippen LogP contribution is -2.28. The molecule has 4 nitrogen and oxygen atoms in total. The molecule has 0 saturated carbocycles. The molecule has 0 aromatic heterocycles. The molecule has 108 valence electrons. The maximum Gasteiger partial charge on any atom is 0.303 e. The molecule has 1 N–H and O–H groups in total. The molecule has 1 aliphatic rings. The Labute approximate surface area is 121 Å². The fourth-order valence-corrected chi connectivity index (χ4v) is 2.28. The minimum atomic E-state index is -0.223. The van der Waals surface area contributed by atoms with E-state index in [1.807, 2.05) is 18.0 Å². The van der Waals surface area contributed by atoms with Gasteiger partial charge in [-0.05, 0) is 31.1 Å². The van der Waals surface area contributed by atoms with E-state index in [4.69, 9.17) is 17.0 Å². The topological polar surface area (TPSA) is 41.6 Å². The van der Waals surface area contributed by atoms with Gasteiger partial charge in [-0.1, -0.05) is 25.8 Å². The quantitative estimate of drug-likeness (QED) is 0.336. The van der Waals surface area contributed by atoms with Crippen LogP contribution in [0.15, 0.2) is 12.2 Å². The van der Waals surface area contributed by atoms with Crippen molar-refractivity contribution < 1.29 is 9.53 Å². The van der Waals surface area contributed by atoms with Crippen LogP contribution in [-0.2, 0) is 9.53 Å². The molecule has 1 fully saturated rings. The minimum absolute atomic E-state index is 0.119. The van der Waals surface area contributed by atoms with E-state index in [0.717, 1.165) is 24.5 Å². The van der Waals surface area contributed by atoms with E-state index in [2.05, 4.69) is 18.3 Å². The molecular formula is C14H24N2O2S. The lowest BCUT2D eigenvalue weighted by Gasteiger charge is -2.17. The highest BCUT2D eigenvalue weighted by molar-refractivity contribution is 7.80. The number of thiocarbonyl (C=S) groups is 1. The monoisotopic (exact) mass is 284 g/mol. The number of esters is 1. The number of carbonyl (C=O) groups is 1. The summed E-state index contributed by atoms with van der Waals surface area (Å²) in [5.74, 6) is -0.223. The van der Waals surface area contributed by atoms with E-state index in [9.17, 15) is 4.79 Å². The molecular weight excluding hydrogens is 260 g/mol. The molecule has 0 bridgehead atoms. The van der Waals surface area contributed by atoms with Crippen molar-refractivity contribution in [3.8, 4) is 0 Å². The Morgan fingerprint density at radius 1 is 1.63 bits per heavy atom. The SMILES string of the molecule is CCCCCC(C=CC1CNC(=S)N1C)OC(C)=O. The third kappa shape index (κ3) is 5.59. The molecule has 1 rings (SSSR count). The molecule has 2 atom stereocenters. The van der Waals surface area contributed by atoms with E-state index in [0.29, 0.717) is 0 Å². The van der Waals surface area contributed by atoms with Crippen molar-refractivity contribution >= 4 is 23.3 Å². The summed E-state index contributed by atoms with van der Waals surface area (Å²) in [5.41, 5.74) is 0. The van der Waals surface area contributed by atoms with E-state index >= 15 is 0 Å². The number of likely N-dealkylation sites (N-methyl/N-ethyl adjacent to an activating group) is 1. The Bertz CT molecular complexity index is 344. The third-order valence-corrected chi connectivity index (χ3v) is 3.67. The van der Waals surface area contributed by atoms with Crippen LogP contribution >= 0.6 is 12.2 Å². The Morgan fingerprint density at radius 2 is 2.37 bits per heavy atom. The first-order valence-corrected chi connectivity index (χ1v) is 7.31. The number of nitrogens with one attached hydrogen (secondary N) is 1. The summed E-state index contributed by atoms with van der Waals surface area (Å²) in [4.78, 5) is 13.1. The molecule has 0 radical (unpaired) electrons. The highest BCUT2D eigenvalue weighted by Crippen LogP contribution is 2.11. The first-order chi connectivity index (χ1) is 9.04. The molecule has 0 aliphatic carbocycles. The third-order valence-electron chi connectivity index (χ3n) is 3.24. The van der Waals surface area contributed by atoms with E-state index in [-0.39, 0.29) is 18.1 Å². The summed E-state index contributed by atoms with van der Waals surface area (Å²) in [6, 6.07) is 0.247. The fraction of sp³-hybridized carbons (Fsp3) is 0.714. The average molecular weight is 284 g/mol. The van der Waals surface area contributed by atoms with E-state index in [1.165, 1.54) is 19.8 Å². The lowest BCUT2D eigenvalue weighted by atomic mass is 10.1. The summed E-state index contributed by atoms with van der Waals surface area (Å²) in [5, 5.41) is 3.90. The molecule has 0 aromatic rings. The van der Waals surface area contributed by atoms with Crippen molar-refractivity contribution in [1.82, 2.24) is 10.2 Å². The molecule has 1 heterocycles. The van der Waals surface area contributed by atoms with Crippen LogP contribution in [0.1, 0.15) is 39.5 Å². The maximum absolute atomic E-state index is 11.1. The highest BCUT2D eigenvalue weighted by Gasteiger charge is 2.22. The van der Waals surface area contributed by atoms with Gasteiger partial charge in [-0.15, -0.1) is 0 Å². The van der Waals surface area contributed by atoms with Gasteiger partial charge in [-0.3, -0.25) is 4.79 Å². The summed E-state index contributed by atoms with van der Waals surface area (Å²) < 4.78 is 5.32. The molecule has 0 amide bonds. The van der Waals surface area contributed by atoms with Gasteiger partial charge in [0.05, 0.1) is 6.04 Å². The smallest absolute Gasteiger partial charge is 0.303 e. The predicted molar refractivity (Wildman–Crippen MR) is 81.0 cm³/mol. The largest absolute Gasteiger partial charge is 0.458 e. The number of hydrogen-bond donors (Lipinski definition) is 1.